The molecule has 0 fully saturated rings. The van der Waals surface area contributed by atoms with Gasteiger partial charge in [0.1, 0.15) is 5.84 Å². The first-order chi connectivity index (χ1) is 10.2. The van der Waals surface area contributed by atoms with Crippen LogP contribution in [0.1, 0.15) is 19.4 Å². The third-order valence-electron chi connectivity index (χ3n) is 3.36. The van der Waals surface area contributed by atoms with E-state index < -0.39 is 0 Å². The lowest BCUT2D eigenvalue weighted by atomic mass is 10.1. The number of amidine groups is 1. The summed E-state index contributed by atoms with van der Waals surface area (Å²) >= 11 is 1.83. The number of para-hydroxylation sites is 1. The molecule has 108 valence electrons. The van der Waals surface area contributed by atoms with Crippen molar-refractivity contribution in [2.45, 2.75) is 30.1 Å². The minimum Gasteiger partial charge on any atom is -0.343 e. The number of hydrogen-bond acceptors (Lipinski definition) is 2. The Hall–Kier alpha value is -1.74. The molecule has 0 saturated carbocycles. The van der Waals surface area contributed by atoms with Crippen LogP contribution in [0.2, 0.25) is 0 Å². The van der Waals surface area contributed by atoms with Crippen LogP contribution >= 0.6 is 11.8 Å². The topological polar surface area (TPSA) is 24.4 Å². The normalized spacial score (nSPS) is 15.9. The lowest BCUT2D eigenvalue weighted by Gasteiger charge is -2.20. The van der Waals surface area contributed by atoms with Crippen molar-refractivity contribution in [1.29, 1.82) is 0 Å². The van der Waals surface area contributed by atoms with E-state index in [0.717, 1.165) is 24.5 Å². The molecule has 2 aromatic carbocycles. The highest BCUT2D eigenvalue weighted by Gasteiger charge is 2.14. The molecule has 0 spiro atoms. The third kappa shape index (κ3) is 3.48. The zero-order valence-electron chi connectivity index (χ0n) is 12.5. The van der Waals surface area contributed by atoms with Crippen LogP contribution in [0.4, 0.5) is 5.69 Å². The van der Waals surface area contributed by atoms with Gasteiger partial charge in [-0.15, -0.1) is 0 Å². The Labute approximate surface area is 130 Å². The quantitative estimate of drug-likeness (QED) is 0.856. The summed E-state index contributed by atoms with van der Waals surface area (Å²) in [5.41, 5.74) is 2.49. The largest absolute Gasteiger partial charge is 0.343 e. The SMILES string of the molecule is CC(C)CN=C1Cc2ccccc2Sc2ccccc2N1. The van der Waals surface area contributed by atoms with Gasteiger partial charge in [0.2, 0.25) is 0 Å². The molecule has 1 aliphatic heterocycles. The highest BCUT2D eigenvalue weighted by atomic mass is 32.2. The van der Waals surface area contributed by atoms with Gasteiger partial charge in [0.15, 0.2) is 0 Å². The summed E-state index contributed by atoms with van der Waals surface area (Å²) in [5, 5.41) is 3.52. The Kier molecular flexibility index (Phi) is 4.30. The molecule has 0 aromatic heterocycles. The first kappa shape index (κ1) is 14.2. The summed E-state index contributed by atoms with van der Waals surface area (Å²) in [5.74, 6) is 1.63. The Bertz CT molecular complexity index is 612. The predicted molar refractivity (Wildman–Crippen MR) is 91.5 cm³/mol. The van der Waals surface area contributed by atoms with Crippen LogP contribution in [-0.4, -0.2) is 12.4 Å². The van der Waals surface area contributed by atoms with E-state index >= 15 is 0 Å². The molecule has 1 N–H and O–H groups in total. The summed E-state index contributed by atoms with van der Waals surface area (Å²) in [7, 11) is 0. The maximum absolute atomic E-state index is 4.78. The molecule has 0 aliphatic carbocycles. The van der Waals surface area contributed by atoms with E-state index in [-0.39, 0.29) is 0 Å². The number of nitrogens with zero attached hydrogens (tertiary/aromatic N) is 1. The van der Waals surface area contributed by atoms with Gasteiger partial charge in [0, 0.05) is 22.8 Å². The summed E-state index contributed by atoms with van der Waals surface area (Å²) in [6, 6.07) is 17.0. The predicted octanol–water partition coefficient (Wildman–Crippen LogP) is 4.86. The second-order valence-electron chi connectivity index (χ2n) is 5.69. The van der Waals surface area contributed by atoms with Crippen molar-refractivity contribution >= 4 is 23.3 Å². The van der Waals surface area contributed by atoms with Crippen LogP contribution in [0.25, 0.3) is 0 Å². The minimum absolute atomic E-state index is 0.574. The lowest BCUT2D eigenvalue weighted by Crippen LogP contribution is -2.19. The zero-order valence-corrected chi connectivity index (χ0v) is 13.3. The first-order valence-corrected chi connectivity index (χ1v) is 8.19. The molecule has 1 heterocycles. The molecule has 0 radical (unpaired) electrons. The van der Waals surface area contributed by atoms with Crippen molar-refractivity contribution in [3.63, 3.8) is 0 Å². The third-order valence-corrected chi connectivity index (χ3v) is 4.56. The first-order valence-electron chi connectivity index (χ1n) is 7.37. The van der Waals surface area contributed by atoms with Gasteiger partial charge < -0.3 is 5.32 Å². The number of rotatable bonds is 2. The van der Waals surface area contributed by atoms with Gasteiger partial charge in [0.05, 0.1) is 5.69 Å². The highest BCUT2D eigenvalue weighted by Crippen LogP contribution is 2.37. The number of benzene rings is 2. The van der Waals surface area contributed by atoms with Crippen LogP contribution in [0, 0.1) is 5.92 Å². The van der Waals surface area contributed by atoms with Gasteiger partial charge >= 0.3 is 0 Å². The van der Waals surface area contributed by atoms with Gasteiger partial charge in [0.25, 0.3) is 0 Å². The standard InChI is InChI=1S/C18H20N2S/c1-13(2)12-19-18-11-14-7-3-5-9-16(14)21-17-10-6-4-8-15(17)20-18/h3-10,13H,11-12H2,1-2H3,(H,19,20). The Balaban J connectivity index is 2.02. The van der Waals surface area contributed by atoms with Gasteiger partial charge in [-0.25, -0.2) is 0 Å². The van der Waals surface area contributed by atoms with Gasteiger partial charge in [-0.05, 0) is 29.7 Å². The van der Waals surface area contributed by atoms with Crippen LogP contribution in [0.5, 0.6) is 0 Å². The fourth-order valence-corrected chi connectivity index (χ4v) is 3.33. The molecule has 3 heteroatoms. The van der Waals surface area contributed by atoms with Crippen LogP contribution in [-0.2, 0) is 6.42 Å². The average molecular weight is 296 g/mol. The molecule has 0 atom stereocenters. The molecule has 21 heavy (non-hydrogen) atoms. The van der Waals surface area contributed by atoms with E-state index in [1.54, 1.807) is 0 Å². The molecule has 3 rings (SSSR count). The fourth-order valence-electron chi connectivity index (χ4n) is 2.30. The number of anilines is 1. The number of fused-ring (bicyclic) bond motifs is 2. The van der Waals surface area contributed by atoms with Gasteiger partial charge in [-0.3, -0.25) is 4.99 Å². The second-order valence-corrected chi connectivity index (χ2v) is 6.77. The minimum atomic E-state index is 0.574. The highest BCUT2D eigenvalue weighted by molar-refractivity contribution is 7.99. The molecule has 2 aromatic rings. The van der Waals surface area contributed by atoms with E-state index in [0.29, 0.717) is 5.92 Å². The fraction of sp³-hybridized carbons (Fsp3) is 0.278. The Morgan fingerprint density at radius 1 is 1.05 bits per heavy atom. The van der Waals surface area contributed by atoms with Crippen LogP contribution in [0.3, 0.4) is 0 Å². The number of aliphatic imine (C=N–C) groups is 1. The summed E-state index contributed by atoms with van der Waals surface area (Å²) in [6.45, 7) is 5.26. The molecular formula is C18H20N2S. The maximum atomic E-state index is 4.78. The van der Waals surface area contributed by atoms with E-state index in [9.17, 15) is 0 Å². The van der Waals surface area contributed by atoms with Crippen molar-refractivity contribution in [2.75, 3.05) is 11.9 Å². The molecule has 2 nitrogen and oxygen atoms in total. The lowest BCUT2D eigenvalue weighted by molar-refractivity contribution is 0.664. The van der Waals surface area contributed by atoms with Crippen molar-refractivity contribution in [3.8, 4) is 0 Å². The van der Waals surface area contributed by atoms with E-state index in [2.05, 4.69) is 67.7 Å². The molecule has 0 amide bonds. The second kappa shape index (κ2) is 6.35. The average Bonchev–Trinajstić information content (AvgIpc) is 2.46. The number of nitrogens with one attached hydrogen (secondary N) is 1. The van der Waals surface area contributed by atoms with Crippen LogP contribution in [0.15, 0.2) is 63.3 Å². The van der Waals surface area contributed by atoms with Gasteiger partial charge in [-0.2, -0.15) is 0 Å². The van der Waals surface area contributed by atoms with E-state index in [1.165, 1.54) is 15.4 Å². The maximum Gasteiger partial charge on any atom is 0.105 e. The van der Waals surface area contributed by atoms with Crippen molar-refractivity contribution in [2.24, 2.45) is 10.9 Å². The van der Waals surface area contributed by atoms with Crippen LogP contribution < -0.4 is 5.32 Å². The smallest absolute Gasteiger partial charge is 0.105 e. The molecule has 1 aliphatic rings. The zero-order chi connectivity index (χ0) is 14.7. The van der Waals surface area contributed by atoms with Crippen molar-refractivity contribution in [3.05, 3.63) is 54.1 Å². The molecule has 0 bridgehead atoms. The van der Waals surface area contributed by atoms with E-state index in [4.69, 9.17) is 4.99 Å². The van der Waals surface area contributed by atoms with Gasteiger partial charge in [-0.1, -0.05) is 55.9 Å². The van der Waals surface area contributed by atoms with Crippen molar-refractivity contribution in [1.82, 2.24) is 0 Å². The molecular weight excluding hydrogens is 276 g/mol. The molecule has 0 saturated heterocycles. The summed E-state index contributed by atoms with van der Waals surface area (Å²) in [4.78, 5) is 7.35. The monoisotopic (exact) mass is 296 g/mol. The van der Waals surface area contributed by atoms with E-state index in [1.807, 2.05) is 11.8 Å². The summed E-state index contributed by atoms with van der Waals surface area (Å²) in [6.07, 6.45) is 0.865. The summed E-state index contributed by atoms with van der Waals surface area (Å²) < 4.78 is 0. The Morgan fingerprint density at radius 3 is 2.57 bits per heavy atom. The Morgan fingerprint density at radius 2 is 1.76 bits per heavy atom. The molecule has 0 unspecified atom stereocenters. The van der Waals surface area contributed by atoms with Crippen molar-refractivity contribution < 1.29 is 0 Å². The number of hydrogen-bond donors (Lipinski definition) is 1.